The Balaban J connectivity index is 2.08. The Hall–Kier alpha value is -0.600. The minimum atomic E-state index is -4.39. The molecule has 1 fully saturated rings. The minimum absolute atomic E-state index is 0.279. The molecule has 0 radical (unpaired) electrons. The van der Waals surface area contributed by atoms with Gasteiger partial charge in [0.25, 0.3) is 0 Å². The molecular weight excluding hydrogens is 425 g/mol. The summed E-state index contributed by atoms with van der Waals surface area (Å²) in [7, 11) is 0. The molecule has 2 aromatic rings. The molecular formula is C16H15BrClF3N2S. The Morgan fingerprint density at radius 3 is 2.46 bits per heavy atom. The number of nitrogens with zero attached hydrogens (tertiary/aromatic N) is 1. The Morgan fingerprint density at radius 1 is 1.17 bits per heavy atom. The topological polar surface area (TPSA) is 15.3 Å². The molecule has 1 aliphatic rings. The van der Waals surface area contributed by atoms with E-state index in [1.165, 1.54) is 23.5 Å². The first kappa shape index (κ1) is 18.2. The van der Waals surface area contributed by atoms with E-state index in [1.807, 2.05) is 12.1 Å². The lowest BCUT2D eigenvalue weighted by atomic mass is 10.00. The van der Waals surface area contributed by atoms with Gasteiger partial charge >= 0.3 is 6.18 Å². The maximum Gasteiger partial charge on any atom is 0.416 e. The van der Waals surface area contributed by atoms with E-state index in [4.69, 9.17) is 11.6 Å². The highest BCUT2D eigenvalue weighted by Gasteiger charge is 2.33. The van der Waals surface area contributed by atoms with Gasteiger partial charge in [-0.2, -0.15) is 13.2 Å². The molecule has 0 spiro atoms. The smallest absolute Gasteiger partial charge is 0.314 e. The van der Waals surface area contributed by atoms with Crippen LogP contribution >= 0.6 is 38.9 Å². The van der Waals surface area contributed by atoms with Crippen molar-refractivity contribution in [2.24, 2.45) is 0 Å². The van der Waals surface area contributed by atoms with E-state index in [2.05, 4.69) is 26.1 Å². The minimum Gasteiger partial charge on any atom is -0.314 e. The fraction of sp³-hybridized carbons (Fsp3) is 0.375. The van der Waals surface area contributed by atoms with Crippen LogP contribution in [-0.4, -0.2) is 31.1 Å². The molecule has 3 rings (SSSR count). The lowest BCUT2D eigenvalue weighted by Gasteiger charge is -2.35. The van der Waals surface area contributed by atoms with E-state index >= 15 is 0 Å². The molecule has 0 saturated carbocycles. The highest BCUT2D eigenvalue weighted by atomic mass is 79.9. The van der Waals surface area contributed by atoms with Crippen molar-refractivity contribution in [3.63, 3.8) is 0 Å². The average Bonchev–Trinajstić information content (AvgIpc) is 2.95. The van der Waals surface area contributed by atoms with Crippen LogP contribution in [-0.2, 0) is 6.18 Å². The van der Waals surface area contributed by atoms with Crippen LogP contribution in [0.5, 0.6) is 0 Å². The highest BCUT2D eigenvalue weighted by molar-refractivity contribution is 9.11. The first-order chi connectivity index (χ1) is 11.4. The largest absolute Gasteiger partial charge is 0.416 e. The van der Waals surface area contributed by atoms with E-state index in [0.29, 0.717) is 10.6 Å². The SMILES string of the molecule is FC(F)(F)c1ccc(Cl)c(C(c2ccc(Br)s2)N2CCNCC2)c1. The molecule has 1 aromatic heterocycles. The van der Waals surface area contributed by atoms with E-state index in [9.17, 15) is 13.2 Å². The second-order valence-electron chi connectivity index (χ2n) is 5.56. The van der Waals surface area contributed by atoms with Crippen molar-refractivity contribution < 1.29 is 13.2 Å². The van der Waals surface area contributed by atoms with Gasteiger partial charge in [-0.15, -0.1) is 11.3 Å². The number of alkyl halides is 3. The van der Waals surface area contributed by atoms with Gasteiger partial charge in [0.1, 0.15) is 0 Å². The number of benzene rings is 1. The van der Waals surface area contributed by atoms with Crippen LogP contribution in [0.2, 0.25) is 5.02 Å². The van der Waals surface area contributed by atoms with Crippen molar-refractivity contribution in [2.75, 3.05) is 26.2 Å². The van der Waals surface area contributed by atoms with E-state index in [1.54, 1.807) is 0 Å². The Kier molecular flexibility index (Phi) is 5.56. The van der Waals surface area contributed by atoms with E-state index in [0.717, 1.165) is 40.9 Å². The lowest BCUT2D eigenvalue weighted by molar-refractivity contribution is -0.137. The number of halogens is 5. The summed E-state index contributed by atoms with van der Waals surface area (Å²) in [6.45, 7) is 3.12. The van der Waals surface area contributed by atoms with Crippen molar-refractivity contribution in [2.45, 2.75) is 12.2 Å². The third-order valence-corrected chi connectivity index (χ3v) is 6.02. The Morgan fingerprint density at radius 2 is 1.88 bits per heavy atom. The number of hydrogen-bond acceptors (Lipinski definition) is 3. The van der Waals surface area contributed by atoms with Gasteiger partial charge in [0.15, 0.2) is 0 Å². The van der Waals surface area contributed by atoms with Crippen LogP contribution in [0.25, 0.3) is 0 Å². The van der Waals surface area contributed by atoms with Crippen LogP contribution in [0, 0.1) is 0 Å². The molecule has 1 aliphatic heterocycles. The van der Waals surface area contributed by atoms with E-state index < -0.39 is 11.7 Å². The second kappa shape index (κ2) is 7.33. The van der Waals surface area contributed by atoms with Crippen LogP contribution in [0.4, 0.5) is 13.2 Å². The maximum absolute atomic E-state index is 13.1. The second-order valence-corrected chi connectivity index (χ2v) is 8.47. The summed E-state index contributed by atoms with van der Waals surface area (Å²) in [6.07, 6.45) is -4.39. The Bertz CT molecular complexity index is 714. The normalized spacial score (nSPS) is 17.9. The Labute approximate surface area is 155 Å². The molecule has 1 atom stereocenters. The van der Waals surface area contributed by atoms with Gasteiger partial charge < -0.3 is 5.32 Å². The van der Waals surface area contributed by atoms with Gasteiger partial charge in [0.2, 0.25) is 0 Å². The van der Waals surface area contributed by atoms with Crippen LogP contribution < -0.4 is 5.32 Å². The monoisotopic (exact) mass is 438 g/mol. The zero-order valence-electron chi connectivity index (χ0n) is 12.5. The summed E-state index contributed by atoms with van der Waals surface area (Å²) in [4.78, 5) is 3.15. The van der Waals surface area contributed by atoms with Crippen LogP contribution in [0.1, 0.15) is 22.0 Å². The highest BCUT2D eigenvalue weighted by Crippen LogP contribution is 2.40. The number of nitrogens with one attached hydrogen (secondary N) is 1. The molecule has 1 unspecified atom stereocenters. The fourth-order valence-electron chi connectivity index (χ4n) is 2.88. The molecule has 0 amide bonds. The van der Waals surface area contributed by atoms with Gasteiger partial charge in [-0.05, 0) is 51.8 Å². The molecule has 2 heterocycles. The third-order valence-electron chi connectivity index (χ3n) is 4.00. The maximum atomic E-state index is 13.1. The number of hydrogen-bond donors (Lipinski definition) is 1. The summed E-state index contributed by atoms with van der Waals surface area (Å²) in [6, 6.07) is 7.14. The first-order valence-electron chi connectivity index (χ1n) is 7.43. The summed E-state index contributed by atoms with van der Waals surface area (Å²) in [5.41, 5.74) is -0.166. The van der Waals surface area contributed by atoms with Crippen LogP contribution in [0.3, 0.4) is 0 Å². The van der Waals surface area contributed by atoms with Gasteiger partial charge in [-0.1, -0.05) is 11.6 Å². The summed E-state index contributed by atoms with van der Waals surface area (Å²) < 4.78 is 40.4. The van der Waals surface area contributed by atoms with Crippen LogP contribution in [0.15, 0.2) is 34.1 Å². The summed E-state index contributed by atoms with van der Waals surface area (Å²) >= 11 is 11.3. The third kappa shape index (κ3) is 3.96. The molecule has 1 aromatic carbocycles. The molecule has 24 heavy (non-hydrogen) atoms. The number of rotatable bonds is 3. The quantitative estimate of drug-likeness (QED) is 0.709. The first-order valence-corrected chi connectivity index (χ1v) is 9.41. The summed E-state index contributed by atoms with van der Waals surface area (Å²) in [5, 5.41) is 3.62. The van der Waals surface area contributed by atoms with Crippen molar-refractivity contribution >= 4 is 38.9 Å². The average molecular weight is 440 g/mol. The van der Waals surface area contributed by atoms with E-state index in [-0.39, 0.29) is 6.04 Å². The van der Waals surface area contributed by atoms with Crippen molar-refractivity contribution in [1.29, 1.82) is 0 Å². The zero-order chi connectivity index (χ0) is 17.3. The molecule has 8 heteroatoms. The fourth-order valence-corrected chi connectivity index (χ4v) is 4.67. The predicted octanol–water partition coefficient (Wildman–Crippen LogP) is 5.18. The molecule has 1 N–H and O–H groups in total. The molecule has 130 valence electrons. The summed E-state index contributed by atoms with van der Waals surface area (Å²) in [5.74, 6) is 0. The molecule has 2 nitrogen and oxygen atoms in total. The predicted molar refractivity (Wildman–Crippen MR) is 94.8 cm³/mol. The number of piperazine rings is 1. The van der Waals surface area contributed by atoms with Gasteiger partial charge in [0.05, 0.1) is 15.4 Å². The number of thiophene rings is 1. The molecule has 1 saturated heterocycles. The van der Waals surface area contributed by atoms with Crippen molar-refractivity contribution in [3.8, 4) is 0 Å². The lowest BCUT2D eigenvalue weighted by Crippen LogP contribution is -2.45. The van der Waals surface area contributed by atoms with Crippen molar-refractivity contribution in [3.05, 3.63) is 55.1 Å². The van der Waals surface area contributed by atoms with Gasteiger partial charge in [-0.3, -0.25) is 4.90 Å². The van der Waals surface area contributed by atoms with Gasteiger partial charge in [0, 0.05) is 36.1 Å². The standard InChI is InChI=1S/C16H15BrClF3N2S/c17-14-4-3-13(24-14)15(23-7-5-22-6-8-23)11-9-10(16(19,20)21)1-2-12(11)18/h1-4,9,15,22H,5-8H2. The zero-order valence-corrected chi connectivity index (χ0v) is 15.7. The van der Waals surface area contributed by atoms with Crippen molar-refractivity contribution in [1.82, 2.24) is 10.2 Å². The molecule has 0 bridgehead atoms. The van der Waals surface area contributed by atoms with Gasteiger partial charge in [-0.25, -0.2) is 0 Å². The molecule has 0 aliphatic carbocycles.